The van der Waals surface area contributed by atoms with Gasteiger partial charge in [0.05, 0.1) is 5.69 Å². The van der Waals surface area contributed by atoms with E-state index >= 15 is 0 Å². The number of rotatable bonds is 5. The van der Waals surface area contributed by atoms with Gasteiger partial charge in [0.2, 0.25) is 5.78 Å². The molecule has 0 aliphatic carbocycles. The molecule has 1 aliphatic rings. The number of amides is 1. The summed E-state index contributed by atoms with van der Waals surface area (Å²) in [6.45, 7) is 4.93. The Labute approximate surface area is 165 Å². The van der Waals surface area contributed by atoms with Crippen molar-refractivity contribution in [2.45, 2.75) is 32.2 Å². The van der Waals surface area contributed by atoms with Crippen LogP contribution in [0.3, 0.4) is 0 Å². The Morgan fingerprint density at radius 3 is 2.89 bits per heavy atom. The van der Waals surface area contributed by atoms with Gasteiger partial charge in [0.1, 0.15) is 5.69 Å². The number of hydrogen-bond acceptors (Lipinski definition) is 4. The van der Waals surface area contributed by atoms with Crippen molar-refractivity contribution in [3.8, 4) is 0 Å². The minimum Gasteiger partial charge on any atom is -0.336 e. The van der Waals surface area contributed by atoms with E-state index in [0.717, 1.165) is 44.6 Å². The number of imidazole rings is 1. The molecule has 0 N–H and O–H groups in total. The predicted octanol–water partition coefficient (Wildman–Crippen LogP) is 2.82. The largest absolute Gasteiger partial charge is 0.336 e. The quantitative estimate of drug-likeness (QED) is 0.686. The van der Waals surface area contributed by atoms with E-state index in [1.54, 1.807) is 10.6 Å². The summed E-state index contributed by atoms with van der Waals surface area (Å²) in [5.41, 5.74) is 2.71. The second kappa shape index (κ2) is 8.10. The molecule has 1 saturated heterocycles. The van der Waals surface area contributed by atoms with Gasteiger partial charge in [0.25, 0.3) is 5.91 Å². The fourth-order valence-electron chi connectivity index (χ4n) is 4.07. The van der Waals surface area contributed by atoms with Crippen LogP contribution in [0.5, 0.6) is 0 Å². The van der Waals surface area contributed by atoms with Crippen molar-refractivity contribution in [1.82, 2.24) is 24.2 Å². The molecule has 3 aromatic rings. The molecule has 1 atom stereocenters. The van der Waals surface area contributed by atoms with Crippen molar-refractivity contribution in [1.29, 1.82) is 0 Å². The van der Waals surface area contributed by atoms with E-state index in [4.69, 9.17) is 0 Å². The first-order valence-electron chi connectivity index (χ1n) is 9.96. The summed E-state index contributed by atoms with van der Waals surface area (Å²) in [6, 6.07) is 12.6. The van der Waals surface area contributed by atoms with Crippen molar-refractivity contribution in [3.63, 3.8) is 0 Å². The summed E-state index contributed by atoms with van der Waals surface area (Å²) in [7, 11) is 1.92. The number of likely N-dealkylation sites (tertiary alicyclic amines) is 1. The average Bonchev–Trinajstić information content (AvgIpc) is 3.08. The summed E-state index contributed by atoms with van der Waals surface area (Å²) in [6.07, 6.45) is 6.76. The first-order valence-corrected chi connectivity index (χ1v) is 9.96. The molecule has 1 unspecified atom stereocenters. The molecule has 0 radical (unpaired) electrons. The second-order valence-corrected chi connectivity index (χ2v) is 7.58. The van der Waals surface area contributed by atoms with Gasteiger partial charge >= 0.3 is 0 Å². The molecule has 3 heterocycles. The molecule has 28 heavy (non-hydrogen) atoms. The zero-order valence-corrected chi connectivity index (χ0v) is 16.6. The van der Waals surface area contributed by atoms with Crippen LogP contribution < -0.4 is 0 Å². The lowest BCUT2D eigenvalue weighted by Crippen LogP contribution is -2.49. The Kier molecular flexibility index (Phi) is 5.39. The Balaban J connectivity index is 1.44. The molecular weight excluding hydrogens is 350 g/mol. The van der Waals surface area contributed by atoms with Crippen LogP contribution in [-0.4, -0.2) is 62.8 Å². The molecule has 0 saturated carbocycles. The lowest BCUT2D eigenvalue weighted by atomic mass is 10.0. The Morgan fingerprint density at radius 1 is 1.25 bits per heavy atom. The fourth-order valence-corrected chi connectivity index (χ4v) is 4.07. The summed E-state index contributed by atoms with van der Waals surface area (Å²) in [5.74, 6) is 0.595. The Bertz CT molecular complexity index is 952. The van der Waals surface area contributed by atoms with Crippen LogP contribution in [-0.2, 0) is 6.42 Å². The van der Waals surface area contributed by atoms with Gasteiger partial charge in [0.15, 0.2) is 0 Å². The lowest BCUT2D eigenvalue weighted by Gasteiger charge is -2.37. The number of carbonyl (C=O) groups is 1. The van der Waals surface area contributed by atoms with E-state index in [2.05, 4.69) is 45.2 Å². The molecule has 1 aromatic carbocycles. The molecule has 0 bridgehead atoms. The Morgan fingerprint density at radius 2 is 2.07 bits per heavy atom. The molecule has 1 aliphatic heterocycles. The molecular formula is C22H27N5O. The van der Waals surface area contributed by atoms with E-state index in [1.807, 2.05) is 31.1 Å². The van der Waals surface area contributed by atoms with Crippen LogP contribution in [0.4, 0.5) is 0 Å². The van der Waals surface area contributed by atoms with Crippen LogP contribution in [0.1, 0.15) is 34.6 Å². The number of carbonyl (C=O) groups excluding carboxylic acids is 1. The van der Waals surface area contributed by atoms with Gasteiger partial charge in [-0.3, -0.25) is 9.20 Å². The van der Waals surface area contributed by atoms with Crippen molar-refractivity contribution < 1.29 is 4.79 Å². The van der Waals surface area contributed by atoms with Gasteiger partial charge in [-0.1, -0.05) is 30.3 Å². The smallest absolute Gasteiger partial charge is 0.272 e. The second-order valence-electron chi connectivity index (χ2n) is 7.58. The highest BCUT2D eigenvalue weighted by Crippen LogP contribution is 2.19. The van der Waals surface area contributed by atoms with Crippen LogP contribution in [0.15, 0.2) is 48.8 Å². The van der Waals surface area contributed by atoms with Crippen LogP contribution in [0.2, 0.25) is 0 Å². The van der Waals surface area contributed by atoms with E-state index in [0.29, 0.717) is 11.5 Å². The van der Waals surface area contributed by atoms with Gasteiger partial charge < -0.3 is 9.80 Å². The standard InChI is InChI=1S/C22H27N5O/c1-17-20(27-14-7-12-23-22(27)24-17)21(28)25(2)19-10-6-13-26(16-19)15-11-18-8-4-3-5-9-18/h3-5,7-9,12,14,19H,6,10-11,13,15-16H2,1-2H3. The minimum atomic E-state index is 0.0212. The monoisotopic (exact) mass is 377 g/mol. The van der Waals surface area contributed by atoms with E-state index in [1.165, 1.54) is 5.56 Å². The summed E-state index contributed by atoms with van der Waals surface area (Å²) in [4.78, 5) is 26.3. The number of nitrogens with zero attached hydrogens (tertiary/aromatic N) is 5. The van der Waals surface area contributed by atoms with E-state index in [-0.39, 0.29) is 11.9 Å². The maximum atomic E-state index is 13.2. The van der Waals surface area contributed by atoms with E-state index < -0.39 is 0 Å². The molecule has 2 aromatic heterocycles. The normalized spacial score (nSPS) is 17.7. The van der Waals surface area contributed by atoms with Crippen molar-refractivity contribution >= 4 is 11.7 Å². The third-order valence-corrected chi connectivity index (χ3v) is 5.69. The highest BCUT2D eigenvalue weighted by atomic mass is 16.2. The average molecular weight is 377 g/mol. The van der Waals surface area contributed by atoms with Crippen LogP contribution in [0.25, 0.3) is 5.78 Å². The summed E-state index contributed by atoms with van der Waals surface area (Å²) in [5, 5.41) is 0. The van der Waals surface area contributed by atoms with Crippen molar-refractivity contribution in [2.75, 3.05) is 26.7 Å². The predicted molar refractivity (Wildman–Crippen MR) is 109 cm³/mol. The third kappa shape index (κ3) is 3.78. The third-order valence-electron chi connectivity index (χ3n) is 5.69. The van der Waals surface area contributed by atoms with Crippen molar-refractivity contribution in [3.05, 3.63) is 65.7 Å². The molecule has 1 fully saturated rings. The van der Waals surface area contributed by atoms with Gasteiger partial charge in [-0.25, -0.2) is 9.97 Å². The van der Waals surface area contributed by atoms with Gasteiger partial charge in [0, 0.05) is 38.6 Å². The number of fused-ring (bicyclic) bond motifs is 1. The highest BCUT2D eigenvalue weighted by molar-refractivity contribution is 5.94. The molecule has 6 nitrogen and oxygen atoms in total. The summed E-state index contributed by atoms with van der Waals surface area (Å²) < 4.78 is 1.80. The molecule has 4 rings (SSSR count). The van der Waals surface area contributed by atoms with Crippen molar-refractivity contribution in [2.24, 2.45) is 0 Å². The molecule has 146 valence electrons. The maximum Gasteiger partial charge on any atom is 0.272 e. The number of aromatic nitrogens is 3. The van der Waals surface area contributed by atoms with Gasteiger partial charge in [-0.15, -0.1) is 0 Å². The van der Waals surface area contributed by atoms with Crippen LogP contribution >= 0.6 is 0 Å². The minimum absolute atomic E-state index is 0.0212. The SMILES string of the molecule is Cc1nc2ncccn2c1C(=O)N(C)C1CCCN(CCc2ccccc2)C1. The number of benzene rings is 1. The maximum absolute atomic E-state index is 13.2. The van der Waals surface area contributed by atoms with Crippen LogP contribution in [0, 0.1) is 6.92 Å². The Hall–Kier alpha value is -2.73. The number of hydrogen-bond donors (Lipinski definition) is 0. The van der Waals surface area contributed by atoms with Gasteiger partial charge in [-0.2, -0.15) is 0 Å². The lowest BCUT2D eigenvalue weighted by molar-refractivity contribution is 0.0612. The summed E-state index contributed by atoms with van der Waals surface area (Å²) >= 11 is 0. The van der Waals surface area contributed by atoms with E-state index in [9.17, 15) is 4.79 Å². The zero-order valence-electron chi connectivity index (χ0n) is 16.6. The number of aryl methyl sites for hydroxylation is 1. The highest BCUT2D eigenvalue weighted by Gasteiger charge is 2.29. The first kappa shape index (κ1) is 18.6. The zero-order chi connectivity index (χ0) is 19.5. The topological polar surface area (TPSA) is 53.7 Å². The molecule has 6 heteroatoms. The number of piperidine rings is 1. The molecule has 1 amide bonds. The first-order chi connectivity index (χ1) is 13.6. The fraction of sp³-hybridized carbons (Fsp3) is 0.409. The number of likely N-dealkylation sites (N-methyl/N-ethyl adjacent to an activating group) is 1. The van der Waals surface area contributed by atoms with Gasteiger partial charge in [-0.05, 0) is 44.4 Å². The molecule has 0 spiro atoms.